The Bertz CT molecular complexity index is 2500. The monoisotopic (exact) mass is 1040 g/mol. The molecule has 0 aliphatic carbocycles. The smallest absolute Gasteiger partial charge is 0.323 e. The van der Waals surface area contributed by atoms with Crippen molar-refractivity contribution >= 4 is 66.8 Å². The first kappa shape index (κ1) is 55.6. The number of hydrogen-bond acceptors (Lipinski definition) is 12. The molecule has 3 aromatic rings. The molecule has 4 aliphatic heterocycles. The molecule has 0 saturated carbocycles. The third-order valence-electron chi connectivity index (χ3n) is 15.4. The molecule has 4 aliphatic rings. The standard InChI is InChI=1S/C53H81N9O9Si2/c1-10-43(63)60-25-27-71-52(33-60)18-22-58(23-19-52)50(67)57(8)46(35(3)4)48(65)55-30-44(64)62-21-13-17-53(73,56-62)49(66)70-34-51(6,7)29-41-40-28-37(59-24-26-69-38(31-59)32-72)15-16-42(40)61(11-2)47(41)39-14-12-20-54-45(39)36(5)68-9/h10,12,14-16,20,28,35-36,38,46,56H,1,11,13,17-19,21-27,29-34H2,2-9,72-73H3,(H,55,65)/t36-,38+,46-,53-/m0/s1. The van der Waals surface area contributed by atoms with Crippen LogP contribution in [0.4, 0.5) is 10.5 Å². The second-order valence-corrected chi connectivity index (χ2v) is 24.3. The van der Waals surface area contributed by atoms with Gasteiger partial charge in [0.1, 0.15) is 11.2 Å². The molecular weight excluding hydrogens is 963 g/mol. The molecule has 73 heavy (non-hydrogen) atoms. The van der Waals surface area contributed by atoms with E-state index in [1.807, 2.05) is 33.0 Å². The number of pyridine rings is 1. The summed E-state index contributed by atoms with van der Waals surface area (Å²) in [4.78, 5) is 80.2. The number of hydrazine groups is 1. The van der Waals surface area contributed by atoms with Gasteiger partial charge >= 0.3 is 12.0 Å². The Labute approximate surface area is 437 Å². The third-order valence-corrected chi connectivity index (χ3v) is 17.5. The number of likely N-dealkylation sites (tertiary alicyclic amines) is 1. The van der Waals surface area contributed by atoms with Crippen molar-refractivity contribution in [2.45, 2.75) is 115 Å². The molecule has 20 heteroatoms. The molecular formula is C53H81N9O9Si2. The lowest BCUT2D eigenvalue weighted by molar-refractivity contribution is -0.157. The van der Waals surface area contributed by atoms with Gasteiger partial charge in [-0.1, -0.05) is 34.3 Å². The van der Waals surface area contributed by atoms with Gasteiger partial charge in [-0.2, -0.15) is 0 Å². The number of morpholine rings is 2. The van der Waals surface area contributed by atoms with Crippen molar-refractivity contribution in [3.05, 3.63) is 60.4 Å². The number of piperidine rings is 1. The van der Waals surface area contributed by atoms with Crippen LogP contribution in [0, 0.1) is 11.3 Å². The number of aryl methyl sites for hydroxylation is 1. The predicted molar refractivity (Wildman–Crippen MR) is 289 cm³/mol. The minimum Gasteiger partial charge on any atom is -0.464 e. The molecule has 4 atom stereocenters. The predicted octanol–water partition coefficient (Wildman–Crippen LogP) is 2.79. The fourth-order valence-electron chi connectivity index (χ4n) is 11.2. The van der Waals surface area contributed by atoms with Crippen LogP contribution in [0.25, 0.3) is 22.2 Å². The highest BCUT2D eigenvalue weighted by atomic mass is 28.1. The Hall–Kier alpha value is -5.13. The average Bonchev–Trinajstić information content (AvgIpc) is 3.69. The number of methoxy groups -OCH3 is 1. The number of esters is 1. The minimum absolute atomic E-state index is 0.132. The summed E-state index contributed by atoms with van der Waals surface area (Å²) in [6.07, 6.45) is 5.91. The number of ether oxygens (including phenoxy) is 4. The van der Waals surface area contributed by atoms with Gasteiger partial charge in [0, 0.05) is 114 Å². The molecule has 2 aromatic heterocycles. The van der Waals surface area contributed by atoms with Crippen LogP contribution in [0.15, 0.2) is 49.2 Å². The number of urea groups is 1. The van der Waals surface area contributed by atoms with E-state index in [2.05, 4.69) is 71.8 Å². The summed E-state index contributed by atoms with van der Waals surface area (Å²) in [5.74, 6) is -1.63. The van der Waals surface area contributed by atoms with Crippen molar-refractivity contribution < 1.29 is 42.9 Å². The number of nitrogens with one attached hydrogen (secondary N) is 2. The zero-order valence-electron chi connectivity index (χ0n) is 45.1. The first-order valence-corrected chi connectivity index (χ1v) is 28.8. The molecule has 6 heterocycles. The Morgan fingerprint density at radius 2 is 1.81 bits per heavy atom. The summed E-state index contributed by atoms with van der Waals surface area (Å²) in [5.41, 5.74) is 8.57. The first-order chi connectivity index (χ1) is 34.8. The first-order valence-electron chi connectivity index (χ1n) is 26.4. The summed E-state index contributed by atoms with van der Waals surface area (Å²) in [6, 6.07) is 10.8. The van der Waals surface area contributed by atoms with E-state index in [1.54, 1.807) is 24.0 Å². The van der Waals surface area contributed by atoms with Gasteiger partial charge in [-0.05, 0) is 99.9 Å². The fourth-order valence-corrected chi connectivity index (χ4v) is 12.4. The molecule has 0 bridgehead atoms. The van der Waals surface area contributed by atoms with Crippen molar-refractivity contribution in [2.24, 2.45) is 11.3 Å². The van der Waals surface area contributed by atoms with Gasteiger partial charge in [-0.25, -0.2) is 10.2 Å². The van der Waals surface area contributed by atoms with Crippen LogP contribution in [0.3, 0.4) is 0 Å². The number of amides is 5. The summed E-state index contributed by atoms with van der Waals surface area (Å²) in [5, 5.41) is 4.31. The Balaban J connectivity index is 0.999. The molecule has 0 radical (unpaired) electrons. The Morgan fingerprint density at radius 3 is 2.49 bits per heavy atom. The van der Waals surface area contributed by atoms with Gasteiger partial charge in [0.25, 0.3) is 5.91 Å². The number of carbonyl (C=O) groups excluding carboxylic acids is 5. The number of hydrogen-bond donors (Lipinski definition) is 2. The third kappa shape index (κ3) is 12.4. The van der Waals surface area contributed by atoms with Gasteiger partial charge in [0.15, 0.2) is 0 Å². The number of aromatic nitrogens is 2. The molecule has 0 unspecified atom stereocenters. The second-order valence-electron chi connectivity index (χ2n) is 21.7. The lowest BCUT2D eigenvalue weighted by Gasteiger charge is -2.47. The maximum absolute atomic E-state index is 14.2. The van der Waals surface area contributed by atoms with Crippen molar-refractivity contribution in [3.63, 3.8) is 0 Å². The maximum atomic E-state index is 14.2. The van der Waals surface area contributed by atoms with Crippen LogP contribution in [-0.4, -0.2) is 189 Å². The lowest BCUT2D eigenvalue weighted by atomic mass is 9.84. The normalized spacial score (nSPS) is 21.4. The molecule has 1 spiro atoms. The topological polar surface area (TPSA) is 180 Å². The molecule has 2 N–H and O–H groups in total. The van der Waals surface area contributed by atoms with E-state index in [9.17, 15) is 24.0 Å². The molecule has 4 fully saturated rings. The van der Waals surface area contributed by atoms with Gasteiger partial charge in [0.2, 0.25) is 11.8 Å². The number of anilines is 1. The van der Waals surface area contributed by atoms with Gasteiger partial charge in [-0.3, -0.25) is 29.2 Å². The number of nitrogens with zero attached hydrogens (tertiary/aromatic N) is 7. The van der Waals surface area contributed by atoms with E-state index < -0.39 is 40.0 Å². The molecule has 1 aromatic carbocycles. The zero-order valence-corrected chi connectivity index (χ0v) is 49.1. The van der Waals surface area contributed by atoms with Crippen molar-refractivity contribution in [2.75, 3.05) is 91.2 Å². The van der Waals surface area contributed by atoms with E-state index >= 15 is 0 Å². The quantitative estimate of drug-likeness (QED) is 0.115. The van der Waals surface area contributed by atoms with Gasteiger partial charge < -0.3 is 48.4 Å². The van der Waals surface area contributed by atoms with E-state index in [4.69, 9.17) is 23.9 Å². The fraction of sp³-hybridized carbons (Fsp3) is 0.623. The van der Waals surface area contributed by atoms with Gasteiger partial charge in [-0.15, -0.1) is 0 Å². The molecule has 18 nitrogen and oxygen atoms in total. The molecule has 4 saturated heterocycles. The van der Waals surface area contributed by atoms with Crippen LogP contribution in [0.1, 0.15) is 84.6 Å². The number of likely N-dealkylation sites (N-methyl/N-ethyl adjacent to an activating group) is 1. The number of carbonyl (C=O) groups is 5. The largest absolute Gasteiger partial charge is 0.464 e. The Kier molecular flexibility index (Phi) is 18.0. The highest BCUT2D eigenvalue weighted by Crippen LogP contribution is 2.42. The summed E-state index contributed by atoms with van der Waals surface area (Å²) >= 11 is 0. The lowest BCUT2D eigenvalue weighted by Crippen LogP contribution is -2.66. The van der Waals surface area contributed by atoms with Crippen molar-refractivity contribution in [3.8, 4) is 11.3 Å². The number of fused-ring (bicyclic) bond motifs is 1. The summed E-state index contributed by atoms with van der Waals surface area (Å²) in [7, 11) is 4.76. The van der Waals surface area contributed by atoms with Crippen LogP contribution in [-0.2, 0) is 51.1 Å². The molecule has 400 valence electrons. The van der Waals surface area contributed by atoms with Crippen molar-refractivity contribution in [1.82, 2.24) is 40.0 Å². The van der Waals surface area contributed by atoms with E-state index in [0.29, 0.717) is 88.3 Å². The average molecular weight is 1040 g/mol. The van der Waals surface area contributed by atoms with Crippen molar-refractivity contribution in [1.29, 1.82) is 0 Å². The molecule has 5 amide bonds. The highest BCUT2D eigenvalue weighted by Gasteiger charge is 2.44. The van der Waals surface area contributed by atoms with Crippen LogP contribution < -0.4 is 15.6 Å². The Morgan fingerprint density at radius 1 is 1.05 bits per heavy atom. The van der Waals surface area contributed by atoms with E-state index in [1.165, 1.54) is 16.0 Å². The number of rotatable bonds is 17. The van der Waals surface area contributed by atoms with Gasteiger partial charge in [0.05, 0.1) is 62.1 Å². The van der Waals surface area contributed by atoms with Crippen LogP contribution in [0.5, 0.6) is 0 Å². The zero-order chi connectivity index (χ0) is 52.8. The van der Waals surface area contributed by atoms with Crippen LogP contribution in [0.2, 0.25) is 6.04 Å². The van der Waals surface area contributed by atoms with Crippen LogP contribution >= 0.6 is 0 Å². The summed E-state index contributed by atoms with van der Waals surface area (Å²) in [6.45, 7) is 21.3. The SMILES string of the molecule is C=CC(=O)N1CCOC2(CCN(C(=O)N(C)[C@H](C(=O)NCC(=O)N3CCC[C@]([SiH3])(C(=O)OCC(C)(C)Cc4c(-c5cccnc5[C@H](C)OC)n(CC)c5ccc(N6CCO[C@@H](C[SiH3])C6)cc45)N3)C(C)C)CC2)C1. The van der Waals surface area contributed by atoms with E-state index in [0.717, 1.165) is 75.0 Å². The molecule has 7 rings (SSSR count). The summed E-state index contributed by atoms with van der Waals surface area (Å²) < 4.78 is 26.7. The highest BCUT2D eigenvalue weighted by molar-refractivity contribution is 6.27. The number of benzene rings is 1. The van der Waals surface area contributed by atoms with E-state index in [-0.39, 0.29) is 43.2 Å². The minimum atomic E-state index is -1.06. The second kappa shape index (κ2) is 23.6. The maximum Gasteiger partial charge on any atom is 0.323 e.